The van der Waals surface area contributed by atoms with Gasteiger partial charge in [0, 0.05) is 23.9 Å². The zero-order valence-corrected chi connectivity index (χ0v) is 14.8. The Bertz CT molecular complexity index is 737. The Kier molecular flexibility index (Phi) is 5.23. The molecule has 0 bridgehead atoms. The summed E-state index contributed by atoms with van der Waals surface area (Å²) in [6.07, 6.45) is 0. The number of hydrogen-bond donors (Lipinski definition) is 1. The zero-order chi connectivity index (χ0) is 17.8. The van der Waals surface area contributed by atoms with E-state index < -0.39 is 0 Å². The Hall–Kier alpha value is -2.54. The summed E-state index contributed by atoms with van der Waals surface area (Å²) in [5.41, 5.74) is 2.60. The predicted octanol–water partition coefficient (Wildman–Crippen LogP) is 2.52. The number of carbonyl (C=O) groups excluding carboxylic acids is 1. The number of carbonyl (C=O) groups is 1. The number of ether oxygens (including phenoxy) is 2. The van der Waals surface area contributed by atoms with Crippen molar-refractivity contribution in [3.63, 3.8) is 0 Å². The van der Waals surface area contributed by atoms with Crippen molar-refractivity contribution in [2.24, 2.45) is 0 Å². The number of aryl methyl sites for hydroxylation is 2. The van der Waals surface area contributed by atoms with Crippen molar-refractivity contribution in [1.29, 1.82) is 0 Å². The van der Waals surface area contributed by atoms with Gasteiger partial charge in [-0.3, -0.25) is 9.69 Å². The fourth-order valence-electron chi connectivity index (χ4n) is 2.76. The third-order valence-electron chi connectivity index (χ3n) is 4.20. The van der Waals surface area contributed by atoms with Crippen molar-refractivity contribution in [1.82, 2.24) is 10.1 Å². The molecule has 25 heavy (non-hydrogen) atoms. The highest BCUT2D eigenvalue weighted by Gasteiger charge is 2.17. The molecule has 0 spiro atoms. The molecule has 0 atom stereocenters. The van der Waals surface area contributed by atoms with Crippen LogP contribution in [0.3, 0.4) is 0 Å². The zero-order valence-electron chi connectivity index (χ0n) is 14.8. The minimum Gasteiger partial charge on any atom is -0.486 e. The molecule has 2 heterocycles. The molecule has 0 saturated heterocycles. The van der Waals surface area contributed by atoms with E-state index in [0.717, 1.165) is 23.6 Å². The normalized spacial score (nSPS) is 13.1. The lowest BCUT2D eigenvalue weighted by atomic mass is 10.2. The molecule has 0 aliphatic carbocycles. The molecular formula is C18H23N3O4. The molecule has 7 nitrogen and oxygen atoms in total. The monoisotopic (exact) mass is 345 g/mol. The molecule has 0 unspecified atom stereocenters. The number of fused-ring (bicyclic) bond motifs is 1. The Morgan fingerprint density at radius 1 is 1.24 bits per heavy atom. The molecule has 1 amide bonds. The van der Waals surface area contributed by atoms with Gasteiger partial charge in [0.05, 0.1) is 12.2 Å². The van der Waals surface area contributed by atoms with Crippen LogP contribution in [0.15, 0.2) is 22.7 Å². The summed E-state index contributed by atoms with van der Waals surface area (Å²) >= 11 is 0. The van der Waals surface area contributed by atoms with Crippen molar-refractivity contribution < 1.29 is 18.8 Å². The molecule has 7 heteroatoms. The summed E-state index contributed by atoms with van der Waals surface area (Å²) in [6.45, 7) is 8.56. The van der Waals surface area contributed by atoms with Crippen LogP contribution in [0, 0.1) is 13.8 Å². The van der Waals surface area contributed by atoms with Gasteiger partial charge in [0.1, 0.15) is 19.0 Å². The molecule has 1 N–H and O–H groups in total. The Morgan fingerprint density at radius 3 is 2.68 bits per heavy atom. The second kappa shape index (κ2) is 7.57. The average Bonchev–Trinajstić information content (AvgIpc) is 2.92. The van der Waals surface area contributed by atoms with Gasteiger partial charge in [-0.1, -0.05) is 12.1 Å². The highest BCUT2D eigenvalue weighted by molar-refractivity contribution is 5.92. The van der Waals surface area contributed by atoms with Crippen molar-refractivity contribution in [3.8, 4) is 11.5 Å². The molecular weight excluding hydrogens is 322 g/mol. The van der Waals surface area contributed by atoms with Gasteiger partial charge in [-0.15, -0.1) is 0 Å². The average molecular weight is 345 g/mol. The quantitative estimate of drug-likeness (QED) is 0.867. The van der Waals surface area contributed by atoms with E-state index in [-0.39, 0.29) is 12.5 Å². The number of likely N-dealkylation sites (N-methyl/N-ethyl adjacent to an activating group) is 1. The van der Waals surface area contributed by atoms with Gasteiger partial charge in [0.15, 0.2) is 11.5 Å². The summed E-state index contributed by atoms with van der Waals surface area (Å²) in [6, 6.07) is 5.42. The molecule has 2 aromatic rings. The van der Waals surface area contributed by atoms with E-state index >= 15 is 0 Å². The third kappa shape index (κ3) is 4.11. The lowest BCUT2D eigenvalue weighted by Gasteiger charge is -2.21. The standard InChI is InChI=1S/C18H23N3O4/c1-4-21(10-15-12(2)20-25-13(15)3)11-18(22)19-14-5-6-16-17(9-14)24-8-7-23-16/h5-6,9H,4,7-8,10-11H2,1-3H3,(H,19,22). The maximum atomic E-state index is 12.4. The van der Waals surface area contributed by atoms with Crippen LogP contribution in [-0.4, -0.2) is 42.3 Å². The molecule has 3 rings (SSSR count). The van der Waals surface area contributed by atoms with Crippen molar-refractivity contribution in [2.45, 2.75) is 27.3 Å². The summed E-state index contributed by atoms with van der Waals surface area (Å²) < 4.78 is 16.2. The maximum Gasteiger partial charge on any atom is 0.238 e. The van der Waals surface area contributed by atoms with Gasteiger partial charge in [-0.2, -0.15) is 0 Å². The van der Waals surface area contributed by atoms with Crippen LogP contribution in [0.4, 0.5) is 5.69 Å². The lowest BCUT2D eigenvalue weighted by Crippen LogP contribution is -2.33. The second-order valence-electron chi connectivity index (χ2n) is 6.01. The highest BCUT2D eigenvalue weighted by atomic mass is 16.6. The number of rotatable bonds is 6. The van der Waals surface area contributed by atoms with Crippen molar-refractivity contribution >= 4 is 11.6 Å². The van der Waals surface area contributed by atoms with Crippen LogP contribution >= 0.6 is 0 Å². The second-order valence-corrected chi connectivity index (χ2v) is 6.01. The summed E-state index contributed by atoms with van der Waals surface area (Å²) in [4.78, 5) is 14.4. The SMILES string of the molecule is CCN(CC(=O)Nc1ccc2c(c1)OCCO2)Cc1c(C)noc1C. The highest BCUT2D eigenvalue weighted by Crippen LogP contribution is 2.32. The summed E-state index contributed by atoms with van der Waals surface area (Å²) in [7, 11) is 0. The van der Waals surface area contributed by atoms with Gasteiger partial charge >= 0.3 is 0 Å². The van der Waals surface area contributed by atoms with E-state index in [1.807, 2.05) is 37.8 Å². The van der Waals surface area contributed by atoms with E-state index in [1.54, 1.807) is 6.07 Å². The van der Waals surface area contributed by atoms with E-state index in [2.05, 4.69) is 10.5 Å². The van der Waals surface area contributed by atoms with E-state index in [4.69, 9.17) is 14.0 Å². The Balaban J connectivity index is 1.61. The smallest absolute Gasteiger partial charge is 0.238 e. The first-order valence-corrected chi connectivity index (χ1v) is 8.40. The molecule has 0 saturated carbocycles. The number of nitrogens with zero attached hydrogens (tertiary/aromatic N) is 2. The number of hydrogen-bond acceptors (Lipinski definition) is 6. The minimum absolute atomic E-state index is 0.0784. The first kappa shape index (κ1) is 17.3. The number of amides is 1. The number of aromatic nitrogens is 1. The van der Waals surface area contributed by atoms with E-state index in [0.29, 0.717) is 36.9 Å². The maximum absolute atomic E-state index is 12.4. The molecule has 134 valence electrons. The fourth-order valence-corrected chi connectivity index (χ4v) is 2.76. The topological polar surface area (TPSA) is 76.8 Å². The Labute approximate surface area is 146 Å². The first-order valence-electron chi connectivity index (χ1n) is 8.40. The number of nitrogens with one attached hydrogen (secondary N) is 1. The molecule has 1 aliphatic heterocycles. The van der Waals surface area contributed by atoms with Crippen molar-refractivity contribution in [3.05, 3.63) is 35.2 Å². The van der Waals surface area contributed by atoms with Gasteiger partial charge < -0.3 is 19.3 Å². The van der Waals surface area contributed by atoms with Gasteiger partial charge in [-0.25, -0.2) is 0 Å². The molecule has 1 aliphatic rings. The number of benzene rings is 1. The lowest BCUT2D eigenvalue weighted by molar-refractivity contribution is -0.117. The first-order chi connectivity index (χ1) is 12.1. The van der Waals surface area contributed by atoms with Crippen LogP contribution < -0.4 is 14.8 Å². The largest absolute Gasteiger partial charge is 0.486 e. The molecule has 0 radical (unpaired) electrons. The molecule has 1 aromatic heterocycles. The van der Waals surface area contributed by atoms with Crippen LogP contribution in [0.5, 0.6) is 11.5 Å². The minimum atomic E-state index is -0.0784. The van der Waals surface area contributed by atoms with Gasteiger partial charge in [0.25, 0.3) is 0 Å². The van der Waals surface area contributed by atoms with E-state index in [9.17, 15) is 4.79 Å². The third-order valence-corrected chi connectivity index (χ3v) is 4.20. The van der Waals surface area contributed by atoms with Crippen LogP contribution in [0.2, 0.25) is 0 Å². The van der Waals surface area contributed by atoms with E-state index in [1.165, 1.54) is 0 Å². The Morgan fingerprint density at radius 2 is 2.00 bits per heavy atom. The van der Waals surface area contributed by atoms with Gasteiger partial charge in [-0.05, 0) is 32.5 Å². The molecule has 1 aromatic carbocycles. The van der Waals surface area contributed by atoms with Crippen LogP contribution in [-0.2, 0) is 11.3 Å². The predicted molar refractivity (Wildman–Crippen MR) is 93.0 cm³/mol. The summed E-state index contributed by atoms with van der Waals surface area (Å²) in [5.74, 6) is 2.08. The van der Waals surface area contributed by atoms with Crippen LogP contribution in [0.25, 0.3) is 0 Å². The fraction of sp³-hybridized carbons (Fsp3) is 0.444. The van der Waals surface area contributed by atoms with Crippen LogP contribution in [0.1, 0.15) is 23.9 Å². The molecule has 0 fully saturated rings. The van der Waals surface area contributed by atoms with Gasteiger partial charge in [0.2, 0.25) is 5.91 Å². The number of anilines is 1. The van der Waals surface area contributed by atoms with Crippen molar-refractivity contribution in [2.75, 3.05) is 31.6 Å². The summed E-state index contributed by atoms with van der Waals surface area (Å²) in [5, 5.41) is 6.87.